The number of ether oxygens (including phenoxy) is 1. The molecule has 0 saturated heterocycles. The number of carbonyl (C=O) groups excluding carboxylic acids is 1. The Morgan fingerprint density at radius 2 is 1.78 bits per heavy atom. The van der Waals surface area contributed by atoms with Gasteiger partial charge in [-0.05, 0) is 81.1 Å². The van der Waals surface area contributed by atoms with Crippen molar-refractivity contribution in [3.05, 3.63) is 48.8 Å². The Bertz CT molecular complexity index is 716. The number of benzene rings is 2. The molecule has 0 heterocycles. The summed E-state index contributed by atoms with van der Waals surface area (Å²) in [4.78, 5) is 12.0. The zero-order valence-electron chi connectivity index (χ0n) is 12.4. The van der Waals surface area contributed by atoms with Crippen LogP contribution in [0.1, 0.15) is 11.1 Å². The molecule has 0 atom stereocenters. The van der Waals surface area contributed by atoms with Crippen molar-refractivity contribution >= 4 is 59.4 Å². The molecule has 0 aliphatic carbocycles. The van der Waals surface area contributed by atoms with Crippen LogP contribution in [-0.2, 0) is 4.79 Å². The number of anilines is 1. The van der Waals surface area contributed by atoms with E-state index >= 15 is 0 Å². The van der Waals surface area contributed by atoms with Crippen molar-refractivity contribution < 1.29 is 14.6 Å². The van der Waals surface area contributed by atoms with Gasteiger partial charge in [-0.1, -0.05) is 15.9 Å². The number of carbonyl (C=O) groups is 1. The molecule has 2 aromatic rings. The van der Waals surface area contributed by atoms with E-state index in [-0.39, 0.29) is 18.3 Å². The van der Waals surface area contributed by atoms with Crippen LogP contribution in [0.5, 0.6) is 11.5 Å². The van der Waals surface area contributed by atoms with Crippen molar-refractivity contribution in [2.24, 2.45) is 0 Å². The van der Waals surface area contributed by atoms with Crippen LogP contribution in [-0.4, -0.2) is 17.6 Å². The summed E-state index contributed by atoms with van der Waals surface area (Å²) in [5, 5.41) is 12.4. The van der Waals surface area contributed by atoms with E-state index in [9.17, 15) is 9.90 Å². The Balaban J connectivity index is 2.04. The smallest absolute Gasteiger partial charge is 0.262 e. The molecule has 0 aromatic heterocycles. The average Bonchev–Trinajstić information content (AvgIpc) is 2.43. The van der Waals surface area contributed by atoms with E-state index in [1.165, 1.54) is 0 Å². The molecule has 0 radical (unpaired) electrons. The number of hydrogen-bond acceptors (Lipinski definition) is 3. The van der Waals surface area contributed by atoms with Gasteiger partial charge < -0.3 is 15.2 Å². The fourth-order valence-electron chi connectivity index (χ4n) is 2.02. The third-order valence-corrected chi connectivity index (χ3v) is 4.73. The summed E-state index contributed by atoms with van der Waals surface area (Å²) in [5.41, 5.74) is 2.18. The summed E-state index contributed by atoms with van der Waals surface area (Å²) < 4.78 is 7.84. The van der Waals surface area contributed by atoms with Gasteiger partial charge in [0.05, 0.1) is 8.95 Å². The van der Waals surface area contributed by atoms with E-state index in [4.69, 9.17) is 4.74 Å². The van der Waals surface area contributed by atoms with Crippen LogP contribution in [0.2, 0.25) is 0 Å². The SMILES string of the molecule is Cc1cc(NC(=O)COc2c(C)cc(Br)cc2Br)cc(Br)c1O. The molecule has 0 bridgehead atoms. The first-order valence-corrected chi connectivity index (χ1v) is 9.03. The minimum absolute atomic E-state index is 0.112. The lowest BCUT2D eigenvalue weighted by atomic mass is 10.2. The van der Waals surface area contributed by atoms with Gasteiger partial charge in [0, 0.05) is 10.2 Å². The predicted molar refractivity (Wildman–Crippen MR) is 101 cm³/mol. The number of aryl methyl sites for hydroxylation is 2. The molecule has 7 heteroatoms. The number of hydrogen-bond donors (Lipinski definition) is 2. The van der Waals surface area contributed by atoms with Crippen molar-refractivity contribution in [3.63, 3.8) is 0 Å². The number of phenols is 1. The standard InChI is InChI=1S/C16H14Br3NO3/c1-8-4-11(6-12(18)15(8)22)20-14(21)7-23-16-9(2)3-10(17)5-13(16)19/h3-6,22H,7H2,1-2H3,(H,20,21). The molecule has 0 aliphatic heterocycles. The highest BCUT2D eigenvalue weighted by molar-refractivity contribution is 9.11. The fraction of sp³-hybridized carbons (Fsp3) is 0.188. The van der Waals surface area contributed by atoms with Crippen LogP contribution in [0, 0.1) is 13.8 Å². The highest BCUT2D eigenvalue weighted by atomic mass is 79.9. The summed E-state index contributed by atoms with van der Waals surface area (Å²) in [7, 11) is 0. The molecule has 122 valence electrons. The molecule has 0 saturated carbocycles. The molecule has 2 N–H and O–H groups in total. The topological polar surface area (TPSA) is 58.6 Å². The Kier molecular flexibility index (Phi) is 6.11. The molecule has 2 rings (SSSR count). The fourth-order valence-corrected chi connectivity index (χ4v) is 4.13. The Labute approximate surface area is 159 Å². The minimum Gasteiger partial charge on any atom is -0.506 e. The van der Waals surface area contributed by atoms with Gasteiger partial charge >= 0.3 is 0 Å². The maximum Gasteiger partial charge on any atom is 0.262 e. The van der Waals surface area contributed by atoms with Gasteiger partial charge in [-0.25, -0.2) is 0 Å². The van der Waals surface area contributed by atoms with Crippen LogP contribution in [0.15, 0.2) is 37.7 Å². The van der Waals surface area contributed by atoms with Crippen LogP contribution in [0.3, 0.4) is 0 Å². The second kappa shape index (κ2) is 7.68. The van der Waals surface area contributed by atoms with E-state index in [2.05, 4.69) is 53.1 Å². The van der Waals surface area contributed by atoms with E-state index in [0.717, 1.165) is 14.5 Å². The second-order valence-corrected chi connectivity index (χ2v) is 7.62. The van der Waals surface area contributed by atoms with E-state index in [0.29, 0.717) is 21.5 Å². The lowest BCUT2D eigenvalue weighted by Crippen LogP contribution is -2.20. The summed E-state index contributed by atoms with van der Waals surface area (Å²) in [6.07, 6.45) is 0. The van der Waals surface area contributed by atoms with Gasteiger partial charge in [0.2, 0.25) is 0 Å². The van der Waals surface area contributed by atoms with Crippen molar-refractivity contribution in [1.29, 1.82) is 0 Å². The quantitative estimate of drug-likeness (QED) is 0.551. The van der Waals surface area contributed by atoms with Crippen LogP contribution in [0.4, 0.5) is 5.69 Å². The Morgan fingerprint density at radius 3 is 2.39 bits per heavy atom. The Morgan fingerprint density at radius 1 is 1.09 bits per heavy atom. The van der Waals surface area contributed by atoms with Gasteiger partial charge in [0.15, 0.2) is 6.61 Å². The maximum atomic E-state index is 12.0. The molecular weight excluding hydrogens is 494 g/mol. The second-order valence-electron chi connectivity index (χ2n) is 4.99. The van der Waals surface area contributed by atoms with Gasteiger partial charge in [-0.3, -0.25) is 4.79 Å². The Hall–Kier alpha value is -1.05. The number of amides is 1. The van der Waals surface area contributed by atoms with Gasteiger partial charge in [0.1, 0.15) is 11.5 Å². The van der Waals surface area contributed by atoms with E-state index in [1.54, 1.807) is 19.1 Å². The van der Waals surface area contributed by atoms with Gasteiger partial charge in [0.25, 0.3) is 5.91 Å². The number of phenolic OH excluding ortho intramolecular Hbond substituents is 1. The number of rotatable bonds is 4. The molecule has 0 fully saturated rings. The molecule has 23 heavy (non-hydrogen) atoms. The first-order valence-electron chi connectivity index (χ1n) is 6.65. The highest BCUT2D eigenvalue weighted by Gasteiger charge is 2.11. The molecule has 1 amide bonds. The number of halogens is 3. The predicted octanol–water partition coefficient (Wildman–Crippen LogP) is 5.31. The zero-order chi connectivity index (χ0) is 17.1. The van der Waals surface area contributed by atoms with E-state index < -0.39 is 0 Å². The summed E-state index contributed by atoms with van der Waals surface area (Å²) in [5.74, 6) is 0.510. The van der Waals surface area contributed by atoms with Crippen molar-refractivity contribution in [2.75, 3.05) is 11.9 Å². The van der Waals surface area contributed by atoms with Crippen LogP contribution in [0.25, 0.3) is 0 Å². The van der Waals surface area contributed by atoms with Crippen molar-refractivity contribution in [1.82, 2.24) is 0 Å². The number of aromatic hydroxyl groups is 1. The van der Waals surface area contributed by atoms with E-state index in [1.807, 2.05) is 19.1 Å². The lowest BCUT2D eigenvalue weighted by molar-refractivity contribution is -0.118. The maximum absolute atomic E-state index is 12.0. The van der Waals surface area contributed by atoms with Crippen LogP contribution < -0.4 is 10.1 Å². The third-order valence-electron chi connectivity index (χ3n) is 3.08. The minimum atomic E-state index is -0.281. The molecule has 0 unspecified atom stereocenters. The third kappa shape index (κ3) is 4.71. The number of nitrogens with one attached hydrogen (secondary N) is 1. The molecule has 0 spiro atoms. The van der Waals surface area contributed by atoms with Crippen molar-refractivity contribution in [3.8, 4) is 11.5 Å². The monoisotopic (exact) mass is 505 g/mol. The van der Waals surface area contributed by atoms with Gasteiger partial charge in [-0.15, -0.1) is 0 Å². The first kappa shape index (κ1) is 18.3. The van der Waals surface area contributed by atoms with Crippen LogP contribution >= 0.6 is 47.8 Å². The summed E-state index contributed by atoms with van der Waals surface area (Å²) in [6, 6.07) is 7.11. The summed E-state index contributed by atoms with van der Waals surface area (Å²) >= 11 is 10.1. The normalized spacial score (nSPS) is 10.5. The average molecular weight is 508 g/mol. The molecule has 2 aromatic carbocycles. The molecule has 4 nitrogen and oxygen atoms in total. The molecular formula is C16H14Br3NO3. The van der Waals surface area contributed by atoms with Gasteiger partial charge in [-0.2, -0.15) is 0 Å². The largest absolute Gasteiger partial charge is 0.506 e. The summed E-state index contributed by atoms with van der Waals surface area (Å²) in [6.45, 7) is 3.55. The lowest BCUT2D eigenvalue weighted by Gasteiger charge is -2.12. The zero-order valence-corrected chi connectivity index (χ0v) is 17.2. The highest BCUT2D eigenvalue weighted by Crippen LogP contribution is 2.33. The van der Waals surface area contributed by atoms with Crippen molar-refractivity contribution in [2.45, 2.75) is 13.8 Å². The molecule has 0 aliphatic rings. The first-order chi connectivity index (χ1) is 10.8.